The van der Waals surface area contributed by atoms with Crippen LogP contribution in [0.3, 0.4) is 0 Å². The summed E-state index contributed by atoms with van der Waals surface area (Å²) in [4.78, 5) is 0. The summed E-state index contributed by atoms with van der Waals surface area (Å²) in [6, 6.07) is 47.4. The van der Waals surface area contributed by atoms with Crippen molar-refractivity contribution < 1.29 is 0 Å². The van der Waals surface area contributed by atoms with Crippen molar-refractivity contribution in [2.75, 3.05) is 0 Å². The van der Waals surface area contributed by atoms with E-state index < -0.39 is 0 Å². The Hall–Kier alpha value is -5.91. The molecule has 0 N–H and O–H groups in total. The molecule has 0 bridgehead atoms. The SMILES string of the molecule is C=C.CC(C)(C)c1ccc2c(c1)c1cc(C(C)(C)C)ccc1n2-c1cc2c(c3ccccc13)-c1c(cc(-c3ccc(C#N)cc3)c3ccccc13)C2(C)C. The summed E-state index contributed by atoms with van der Waals surface area (Å²) < 4.78 is 2.53. The fourth-order valence-corrected chi connectivity index (χ4v) is 8.77. The Morgan fingerprint density at radius 1 is 0.537 bits per heavy atom. The maximum atomic E-state index is 9.50. The van der Waals surface area contributed by atoms with Crippen LogP contribution >= 0.6 is 0 Å². The molecule has 0 saturated carbocycles. The number of nitrogens with zero attached hydrogens (tertiary/aromatic N) is 2. The van der Waals surface area contributed by atoms with E-state index in [0.29, 0.717) is 5.56 Å². The monoisotopic (exact) mass is 700 g/mol. The molecule has 7 aromatic carbocycles. The van der Waals surface area contributed by atoms with Crippen LogP contribution < -0.4 is 0 Å². The molecule has 0 saturated heterocycles. The third kappa shape index (κ3) is 5.21. The molecule has 0 amide bonds. The lowest BCUT2D eigenvalue weighted by Gasteiger charge is -2.24. The molecule has 0 radical (unpaired) electrons. The maximum absolute atomic E-state index is 9.50. The lowest BCUT2D eigenvalue weighted by atomic mass is 9.80. The fraction of sp³-hybridized carbons (Fsp3) is 0.212. The van der Waals surface area contributed by atoms with Crippen LogP contribution in [0.15, 0.2) is 134 Å². The summed E-state index contributed by atoms with van der Waals surface area (Å²) in [6.45, 7) is 24.6. The molecule has 1 aliphatic rings. The van der Waals surface area contributed by atoms with E-state index in [4.69, 9.17) is 0 Å². The Kier molecular flexibility index (Phi) is 8.02. The highest BCUT2D eigenvalue weighted by Gasteiger charge is 2.39. The number of hydrogen-bond donors (Lipinski definition) is 0. The van der Waals surface area contributed by atoms with E-state index in [1.54, 1.807) is 0 Å². The van der Waals surface area contributed by atoms with Gasteiger partial charge in [0.2, 0.25) is 0 Å². The van der Waals surface area contributed by atoms with Crippen molar-refractivity contribution in [2.45, 2.75) is 71.6 Å². The second-order valence-corrected chi connectivity index (χ2v) is 17.4. The first-order valence-electron chi connectivity index (χ1n) is 19.0. The third-order valence-electron chi connectivity index (χ3n) is 11.7. The molecule has 1 heterocycles. The van der Waals surface area contributed by atoms with Crippen LogP contribution in [-0.2, 0) is 16.2 Å². The van der Waals surface area contributed by atoms with Gasteiger partial charge in [-0.2, -0.15) is 5.26 Å². The van der Waals surface area contributed by atoms with Gasteiger partial charge in [0.15, 0.2) is 0 Å². The molecule has 0 aliphatic heterocycles. The quantitative estimate of drug-likeness (QED) is 0.165. The van der Waals surface area contributed by atoms with Crippen molar-refractivity contribution in [1.82, 2.24) is 4.57 Å². The third-order valence-corrected chi connectivity index (χ3v) is 11.7. The van der Waals surface area contributed by atoms with Crippen molar-refractivity contribution in [3.63, 3.8) is 0 Å². The highest BCUT2D eigenvalue weighted by molar-refractivity contribution is 6.17. The first-order chi connectivity index (χ1) is 25.8. The maximum Gasteiger partial charge on any atom is 0.0991 e. The lowest BCUT2D eigenvalue weighted by molar-refractivity contribution is 0.590. The van der Waals surface area contributed by atoms with Gasteiger partial charge in [-0.1, -0.05) is 128 Å². The van der Waals surface area contributed by atoms with Crippen molar-refractivity contribution >= 4 is 43.4 Å². The predicted octanol–water partition coefficient (Wildman–Crippen LogP) is 14.3. The molecule has 266 valence electrons. The van der Waals surface area contributed by atoms with Gasteiger partial charge in [0, 0.05) is 21.6 Å². The Labute approximate surface area is 320 Å². The number of benzene rings is 7. The number of hydrogen-bond acceptors (Lipinski definition) is 1. The fourth-order valence-electron chi connectivity index (χ4n) is 8.77. The summed E-state index contributed by atoms with van der Waals surface area (Å²) in [5.41, 5.74) is 14.6. The zero-order valence-electron chi connectivity index (χ0n) is 32.9. The average molecular weight is 701 g/mol. The molecule has 2 heteroatoms. The van der Waals surface area contributed by atoms with E-state index in [-0.39, 0.29) is 16.2 Å². The predicted molar refractivity (Wildman–Crippen MR) is 232 cm³/mol. The zero-order valence-corrected chi connectivity index (χ0v) is 32.9. The first-order valence-corrected chi connectivity index (χ1v) is 19.0. The Morgan fingerprint density at radius 2 is 1.00 bits per heavy atom. The Morgan fingerprint density at radius 3 is 1.50 bits per heavy atom. The summed E-state index contributed by atoms with van der Waals surface area (Å²) in [5, 5.41) is 17.1. The van der Waals surface area contributed by atoms with Gasteiger partial charge in [-0.15, -0.1) is 13.2 Å². The van der Waals surface area contributed by atoms with Crippen LogP contribution in [0.5, 0.6) is 0 Å². The minimum atomic E-state index is -0.258. The van der Waals surface area contributed by atoms with Crippen molar-refractivity contribution in [1.29, 1.82) is 5.26 Å². The largest absolute Gasteiger partial charge is 0.309 e. The molecule has 8 aromatic rings. The zero-order chi connectivity index (χ0) is 38.3. The normalized spacial score (nSPS) is 13.5. The number of aromatic nitrogens is 1. The first kappa shape index (κ1) is 35.1. The number of fused-ring (bicyclic) bond motifs is 10. The van der Waals surface area contributed by atoms with Gasteiger partial charge in [-0.25, -0.2) is 0 Å². The van der Waals surface area contributed by atoms with Crippen molar-refractivity contribution in [2.24, 2.45) is 0 Å². The van der Waals surface area contributed by atoms with Crippen LogP contribution in [0.4, 0.5) is 0 Å². The molecule has 1 aliphatic carbocycles. The summed E-state index contributed by atoms with van der Waals surface area (Å²) >= 11 is 0. The second kappa shape index (κ2) is 12.3. The molecule has 2 nitrogen and oxygen atoms in total. The van der Waals surface area contributed by atoms with Gasteiger partial charge in [-0.3, -0.25) is 0 Å². The van der Waals surface area contributed by atoms with Gasteiger partial charge >= 0.3 is 0 Å². The highest BCUT2D eigenvalue weighted by atomic mass is 15.0. The molecular weight excluding hydrogens is 653 g/mol. The lowest BCUT2D eigenvalue weighted by Crippen LogP contribution is -2.16. The van der Waals surface area contributed by atoms with Gasteiger partial charge in [0.1, 0.15) is 0 Å². The van der Waals surface area contributed by atoms with Gasteiger partial charge in [0.25, 0.3) is 0 Å². The molecule has 9 rings (SSSR count). The molecule has 0 fully saturated rings. The molecule has 54 heavy (non-hydrogen) atoms. The van der Waals surface area contributed by atoms with E-state index in [2.05, 4.69) is 188 Å². The minimum absolute atomic E-state index is 0.0414. The van der Waals surface area contributed by atoms with Crippen LogP contribution in [0.2, 0.25) is 0 Å². The van der Waals surface area contributed by atoms with Crippen LogP contribution in [0.25, 0.3) is 71.3 Å². The Bertz CT molecular complexity index is 2770. The summed E-state index contributed by atoms with van der Waals surface area (Å²) in [5.74, 6) is 0. The smallest absolute Gasteiger partial charge is 0.0991 e. The van der Waals surface area contributed by atoms with E-state index >= 15 is 0 Å². The standard InChI is InChI=1S/C50H44N2.C2H4/c1-48(2,3)32-21-23-43-39(25-32)40-26-33(49(4,5)6)22-24-44(40)52(43)45-28-42-47(37-16-12-10-14-35(37)45)46-36-15-11-9-13-34(36)38(27-41(46)50(42,7)8)31-19-17-30(29-51)18-20-31;1-2/h9-28H,1-8H3;1-2H2. The van der Waals surface area contributed by atoms with E-state index in [9.17, 15) is 5.26 Å². The molecule has 1 aromatic heterocycles. The van der Waals surface area contributed by atoms with Crippen LogP contribution in [0.1, 0.15) is 83.2 Å². The summed E-state index contributed by atoms with van der Waals surface area (Å²) in [6.07, 6.45) is 0. The number of rotatable bonds is 2. The van der Waals surface area contributed by atoms with Gasteiger partial charge < -0.3 is 4.57 Å². The van der Waals surface area contributed by atoms with Gasteiger partial charge in [0.05, 0.1) is 28.4 Å². The van der Waals surface area contributed by atoms with Crippen LogP contribution in [-0.4, -0.2) is 4.57 Å². The van der Waals surface area contributed by atoms with E-state index in [1.807, 2.05) is 12.1 Å². The van der Waals surface area contributed by atoms with E-state index in [0.717, 1.165) is 5.56 Å². The van der Waals surface area contributed by atoms with Gasteiger partial charge in [-0.05, 0) is 120 Å². The van der Waals surface area contributed by atoms with Crippen molar-refractivity contribution in [3.05, 3.63) is 162 Å². The second-order valence-electron chi connectivity index (χ2n) is 17.4. The summed E-state index contributed by atoms with van der Waals surface area (Å²) in [7, 11) is 0. The molecule has 0 unspecified atom stereocenters. The minimum Gasteiger partial charge on any atom is -0.309 e. The number of nitriles is 1. The molecular formula is C52H48N2. The van der Waals surface area contributed by atoms with E-state index in [1.165, 1.54) is 88.0 Å². The van der Waals surface area contributed by atoms with Crippen molar-refractivity contribution in [3.8, 4) is 34.0 Å². The highest BCUT2D eigenvalue weighted by Crippen LogP contribution is 2.56. The topological polar surface area (TPSA) is 28.7 Å². The van der Waals surface area contributed by atoms with Crippen LogP contribution in [0, 0.1) is 11.3 Å². The molecule has 0 spiro atoms. The molecule has 0 atom stereocenters. The Balaban J connectivity index is 0.00000203. The average Bonchev–Trinajstić information content (AvgIpc) is 3.61.